The van der Waals surface area contributed by atoms with Gasteiger partial charge in [0.05, 0.1) is 11.1 Å². The molecule has 2 saturated heterocycles. The molecule has 3 saturated carbocycles. The molecule has 0 amide bonds. The monoisotopic (exact) mass is 470 g/mol. The van der Waals surface area contributed by atoms with Crippen molar-refractivity contribution in [3.63, 3.8) is 0 Å². The first-order valence-corrected chi connectivity index (χ1v) is 12.5. The Morgan fingerprint density at radius 3 is 2.34 bits per heavy atom. The first-order valence-electron chi connectivity index (χ1n) is 12.5. The van der Waals surface area contributed by atoms with Crippen molar-refractivity contribution in [1.29, 1.82) is 0 Å². The number of anilines is 3. The highest BCUT2D eigenvalue weighted by atomic mass is 16.1. The van der Waals surface area contributed by atoms with E-state index in [1.165, 1.54) is 25.7 Å². The summed E-state index contributed by atoms with van der Waals surface area (Å²) in [5.41, 5.74) is 3.81. The van der Waals surface area contributed by atoms with Crippen LogP contribution < -0.4 is 15.8 Å². The number of rotatable bonds is 5. The van der Waals surface area contributed by atoms with Crippen LogP contribution in [0.4, 0.5) is 17.3 Å². The molecule has 5 fully saturated rings. The lowest BCUT2D eigenvalue weighted by Gasteiger charge is -2.62. The first-order chi connectivity index (χ1) is 16.8. The van der Waals surface area contributed by atoms with Crippen molar-refractivity contribution in [1.82, 2.24) is 19.4 Å². The summed E-state index contributed by atoms with van der Waals surface area (Å²) in [6, 6.07) is 8.39. The lowest BCUT2D eigenvalue weighted by molar-refractivity contribution is -0.0884. The highest BCUT2D eigenvalue weighted by molar-refractivity contribution is 5.99. The maximum absolute atomic E-state index is 13.5. The van der Waals surface area contributed by atoms with E-state index in [4.69, 9.17) is 4.98 Å². The van der Waals surface area contributed by atoms with Gasteiger partial charge in [-0.25, -0.2) is 4.98 Å². The molecule has 5 aliphatic rings. The number of Topliss-reactive ketones (excluding diaryl/α,β-unsaturated/α-hetero) is 1. The zero-order valence-electron chi connectivity index (χ0n) is 20.5. The molecule has 8 heteroatoms. The van der Waals surface area contributed by atoms with Crippen LogP contribution in [-0.2, 0) is 5.54 Å². The molecule has 0 radical (unpaired) electrons. The van der Waals surface area contributed by atoms with E-state index in [-0.39, 0.29) is 22.4 Å². The van der Waals surface area contributed by atoms with Crippen LogP contribution in [0.15, 0.2) is 35.3 Å². The molecule has 8 nitrogen and oxygen atoms in total. The molecular weight excluding hydrogens is 440 g/mol. The number of aryl methyl sites for hydroxylation is 1. The van der Waals surface area contributed by atoms with Crippen LogP contribution in [0.25, 0.3) is 11.0 Å². The van der Waals surface area contributed by atoms with Gasteiger partial charge in [-0.15, -0.1) is 0 Å². The summed E-state index contributed by atoms with van der Waals surface area (Å²) < 4.78 is 1.81. The van der Waals surface area contributed by atoms with E-state index < -0.39 is 0 Å². The number of benzene rings is 1. The van der Waals surface area contributed by atoms with Crippen molar-refractivity contribution >= 4 is 34.1 Å². The number of hydrogen-bond acceptors (Lipinski definition) is 7. The molecule has 4 heterocycles. The van der Waals surface area contributed by atoms with Gasteiger partial charge in [0.15, 0.2) is 5.78 Å². The number of carbonyl (C=O) groups is 1. The van der Waals surface area contributed by atoms with Crippen LogP contribution >= 0.6 is 0 Å². The predicted octanol–water partition coefficient (Wildman–Crippen LogP) is 3.31. The van der Waals surface area contributed by atoms with Gasteiger partial charge in [-0.3, -0.25) is 14.2 Å². The van der Waals surface area contributed by atoms with Crippen molar-refractivity contribution in [2.24, 2.45) is 11.3 Å². The van der Waals surface area contributed by atoms with Crippen LogP contribution in [0.5, 0.6) is 0 Å². The van der Waals surface area contributed by atoms with Crippen LogP contribution in [0.2, 0.25) is 0 Å². The summed E-state index contributed by atoms with van der Waals surface area (Å²) in [6.45, 7) is 7.93. The Labute approximate surface area is 204 Å². The van der Waals surface area contributed by atoms with E-state index in [2.05, 4.69) is 51.4 Å². The van der Waals surface area contributed by atoms with E-state index in [0.29, 0.717) is 28.5 Å². The molecule has 1 N–H and O–H groups in total. The molecule has 35 heavy (non-hydrogen) atoms. The number of hydrogen-bond donors (Lipinski definition) is 1. The molecular formula is C27H30N6O2. The van der Waals surface area contributed by atoms with E-state index in [0.717, 1.165) is 43.4 Å². The maximum atomic E-state index is 13.5. The third-order valence-electron chi connectivity index (χ3n) is 8.76. The van der Waals surface area contributed by atoms with Gasteiger partial charge in [0.25, 0.3) is 5.56 Å². The molecule has 8 rings (SSSR count). The number of aromatic nitrogens is 3. The third-order valence-corrected chi connectivity index (χ3v) is 8.76. The van der Waals surface area contributed by atoms with Gasteiger partial charge in [0.1, 0.15) is 5.65 Å². The molecule has 3 aliphatic carbocycles. The van der Waals surface area contributed by atoms with Crippen molar-refractivity contribution < 1.29 is 4.79 Å². The average Bonchev–Trinajstić information content (AvgIpc) is 2.71. The van der Waals surface area contributed by atoms with Gasteiger partial charge in [0, 0.05) is 54.6 Å². The number of pyridine rings is 1. The maximum Gasteiger partial charge on any atom is 0.263 e. The van der Waals surface area contributed by atoms with Gasteiger partial charge in [-0.2, -0.15) is 4.98 Å². The Kier molecular flexibility index (Phi) is 4.16. The van der Waals surface area contributed by atoms with Crippen molar-refractivity contribution in [2.45, 2.75) is 38.6 Å². The van der Waals surface area contributed by atoms with Gasteiger partial charge >= 0.3 is 0 Å². The Balaban J connectivity index is 1.19. The SMILES string of the molecule is CC(=O)c1c(C)c2cnc(Nc3ccc(N4CC5(CN(C)C5)C4)cc3)nc2n(C23CC(C2)C3)c1=O. The number of nitrogens with one attached hydrogen (secondary N) is 1. The Hall–Kier alpha value is -3.26. The molecule has 2 aliphatic heterocycles. The fourth-order valence-corrected chi connectivity index (χ4v) is 7.06. The standard InChI is InChI=1S/C27H30N6O2/c1-16-21-11-28-25(29-19-4-6-20(7-5-19)32-14-26(15-32)12-31(3)13-26)30-23(21)33(24(35)22(16)17(2)34)27-8-18(9-27)10-27/h4-7,11,18H,8-10,12-15H2,1-3H3,(H,28,29,30). The Morgan fingerprint density at radius 2 is 1.77 bits per heavy atom. The van der Waals surface area contributed by atoms with E-state index in [9.17, 15) is 9.59 Å². The van der Waals surface area contributed by atoms with Gasteiger partial charge in [0.2, 0.25) is 5.95 Å². The average molecular weight is 471 g/mol. The molecule has 0 unspecified atom stereocenters. The minimum absolute atomic E-state index is 0.186. The Morgan fingerprint density at radius 1 is 1.09 bits per heavy atom. The molecule has 1 spiro atoms. The zero-order chi connectivity index (χ0) is 24.1. The van der Waals surface area contributed by atoms with Crippen LogP contribution in [0.1, 0.15) is 42.1 Å². The second kappa shape index (κ2) is 6.91. The lowest BCUT2D eigenvalue weighted by Crippen LogP contribution is -2.71. The topological polar surface area (TPSA) is 83.4 Å². The lowest BCUT2D eigenvalue weighted by atomic mass is 9.49. The number of nitrogens with zero attached hydrogens (tertiary/aromatic N) is 5. The van der Waals surface area contributed by atoms with Gasteiger partial charge in [-0.1, -0.05) is 0 Å². The quantitative estimate of drug-likeness (QED) is 0.573. The molecule has 3 aromatic rings. The normalized spacial score (nSPS) is 26.0. The van der Waals surface area contributed by atoms with Crippen LogP contribution in [0.3, 0.4) is 0 Å². The molecule has 180 valence electrons. The highest BCUT2D eigenvalue weighted by Crippen LogP contribution is 2.62. The molecule has 0 atom stereocenters. The van der Waals surface area contributed by atoms with E-state index in [1.54, 1.807) is 10.8 Å². The predicted molar refractivity (Wildman–Crippen MR) is 136 cm³/mol. The highest BCUT2D eigenvalue weighted by Gasteiger charge is 2.59. The number of fused-ring (bicyclic) bond motifs is 1. The number of likely N-dealkylation sites (tertiary alicyclic amines) is 1. The third kappa shape index (κ3) is 2.95. The van der Waals surface area contributed by atoms with E-state index >= 15 is 0 Å². The largest absolute Gasteiger partial charge is 0.370 e. The summed E-state index contributed by atoms with van der Waals surface area (Å²) >= 11 is 0. The smallest absolute Gasteiger partial charge is 0.263 e. The number of carbonyl (C=O) groups excluding carboxylic acids is 1. The fourth-order valence-electron chi connectivity index (χ4n) is 7.06. The van der Waals surface area contributed by atoms with Gasteiger partial charge < -0.3 is 15.1 Å². The first kappa shape index (κ1) is 21.1. The summed E-state index contributed by atoms with van der Waals surface area (Å²) in [5.74, 6) is 0.957. The summed E-state index contributed by atoms with van der Waals surface area (Å²) in [7, 11) is 2.18. The minimum atomic E-state index is -0.209. The van der Waals surface area contributed by atoms with Crippen molar-refractivity contribution in [2.75, 3.05) is 43.4 Å². The minimum Gasteiger partial charge on any atom is -0.370 e. The zero-order valence-corrected chi connectivity index (χ0v) is 20.5. The number of ketones is 1. The molecule has 2 aromatic heterocycles. The van der Waals surface area contributed by atoms with Crippen LogP contribution in [-0.4, -0.2) is 58.4 Å². The molecule has 1 aromatic carbocycles. The van der Waals surface area contributed by atoms with Crippen molar-refractivity contribution in [3.8, 4) is 0 Å². The molecule has 2 bridgehead atoms. The fraction of sp³-hybridized carbons (Fsp3) is 0.481. The van der Waals surface area contributed by atoms with Gasteiger partial charge in [-0.05, 0) is 75.9 Å². The summed E-state index contributed by atoms with van der Waals surface area (Å²) in [6.07, 6.45) is 4.72. The van der Waals surface area contributed by atoms with Crippen LogP contribution in [0, 0.1) is 18.3 Å². The second-order valence-electron chi connectivity index (χ2n) is 11.5. The summed E-state index contributed by atoms with van der Waals surface area (Å²) in [5, 5.41) is 4.09. The Bertz CT molecular complexity index is 1430. The second-order valence-corrected chi connectivity index (χ2v) is 11.5. The van der Waals surface area contributed by atoms with Crippen molar-refractivity contribution in [3.05, 3.63) is 51.9 Å². The van der Waals surface area contributed by atoms with E-state index in [1.807, 2.05) is 6.92 Å². The summed E-state index contributed by atoms with van der Waals surface area (Å²) in [4.78, 5) is 40.0.